The average Bonchev–Trinajstić information content (AvgIpc) is 3.80. The molecule has 5 aromatic rings. The molecule has 2 aliphatic heterocycles. The molecule has 0 radical (unpaired) electrons. The minimum Gasteiger partial charge on any atom is -0.474 e. The first-order valence-corrected chi connectivity index (χ1v) is 19.2. The third kappa shape index (κ3) is 7.09. The van der Waals surface area contributed by atoms with Gasteiger partial charge in [-0.15, -0.1) is 0 Å². The van der Waals surface area contributed by atoms with Gasteiger partial charge in [0.15, 0.2) is 11.5 Å². The largest absolute Gasteiger partial charge is 0.474 e. The molecule has 2 saturated carbocycles. The quantitative estimate of drug-likeness (QED) is 0.198. The summed E-state index contributed by atoms with van der Waals surface area (Å²) in [6.07, 6.45) is 12.0. The molecule has 53 heavy (non-hydrogen) atoms. The third-order valence-corrected chi connectivity index (χ3v) is 11.5. The minimum absolute atomic E-state index is 0.0552. The Morgan fingerprint density at radius 2 is 1.74 bits per heavy atom. The minimum atomic E-state index is -0.244. The van der Waals surface area contributed by atoms with Crippen molar-refractivity contribution in [1.82, 2.24) is 39.9 Å². The van der Waals surface area contributed by atoms with Crippen molar-refractivity contribution in [3.8, 4) is 11.7 Å². The lowest BCUT2D eigenvalue weighted by molar-refractivity contribution is -0.134. The molecule has 13 nitrogen and oxygen atoms in total. The normalized spacial score (nSPS) is 22.6. The fourth-order valence-corrected chi connectivity index (χ4v) is 8.16. The molecule has 2 saturated heterocycles. The number of piperidine rings is 1. The number of fused-ring (bicyclic) bond motifs is 2. The maximum Gasteiger partial charge on any atom is 0.251 e. The zero-order chi connectivity index (χ0) is 35.9. The van der Waals surface area contributed by atoms with Crippen LogP contribution in [-0.4, -0.2) is 91.9 Å². The topological polar surface area (TPSA) is 139 Å². The molecular weight excluding hydrogens is 670 g/mol. The van der Waals surface area contributed by atoms with Gasteiger partial charge in [-0.1, -0.05) is 12.1 Å². The molecule has 4 fully saturated rings. The summed E-state index contributed by atoms with van der Waals surface area (Å²) in [6.45, 7) is 5.14. The number of carbonyl (C=O) groups excluding carboxylic acids is 3. The van der Waals surface area contributed by atoms with E-state index >= 15 is 0 Å². The van der Waals surface area contributed by atoms with Crippen LogP contribution in [0.1, 0.15) is 79.6 Å². The summed E-state index contributed by atoms with van der Waals surface area (Å²) in [5, 5.41) is 15.9. The maximum atomic E-state index is 13.5. The van der Waals surface area contributed by atoms with Crippen molar-refractivity contribution >= 4 is 40.0 Å². The first-order chi connectivity index (χ1) is 25.9. The van der Waals surface area contributed by atoms with E-state index in [-0.39, 0.29) is 35.8 Å². The van der Waals surface area contributed by atoms with E-state index in [2.05, 4.69) is 42.6 Å². The Morgan fingerprint density at radius 1 is 0.925 bits per heavy atom. The third-order valence-electron chi connectivity index (χ3n) is 11.5. The van der Waals surface area contributed by atoms with E-state index in [0.717, 1.165) is 93.4 Å². The Labute approximate surface area is 307 Å². The highest BCUT2D eigenvalue weighted by Crippen LogP contribution is 2.35. The van der Waals surface area contributed by atoms with Crippen LogP contribution in [0.3, 0.4) is 0 Å². The number of nitrogens with one attached hydrogen (secondary N) is 2. The molecule has 0 bridgehead atoms. The fraction of sp³-hybridized carbons (Fsp3) is 0.450. The van der Waals surface area contributed by atoms with Crippen molar-refractivity contribution in [2.75, 3.05) is 37.6 Å². The Kier molecular flexibility index (Phi) is 9.02. The smallest absolute Gasteiger partial charge is 0.251 e. The van der Waals surface area contributed by atoms with Crippen LogP contribution >= 0.6 is 0 Å². The number of anilines is 1. The van der Waals surface area contributed by atoms with Gasteiger partial charge in [-0.3, -0.25) is 24.6 Å². The van der Waals surface area contributed by atoms with Crippen molar-refractivity contribution in [3.05, 3.63) is 78.1 Å². The van der Waals surface area contributed by atoms with Gasteiger partial charge in [0.25, 0.3) is 5.91 Å². The van der Waals surface area contributed by atoms with E-state index in [0.29, 0.717) is 36.0 Å². The maximum absolute atomic E-state index is 13.5. The standard InChI is InChI=1S/C40H45N9O4/c50-36-16-14-32(39(52)44-36)27-5-10-30(11-6-27)47-22-20-46(21-23-47)19-17-26-3-8-29(9-4-26)43-38(51)28-7-15-34-33(24-28)40(53-31-12-13-31)49(45-34)37-25-41-35-2-1-18-42-48(35)37/h1-2,5-7,10-11,15,18,24-26,29,31-32H,3-4,8-9,12-14,16-17,19-23H2,(H,43,51)(H,44,50,52). The van der Waals surface area contributed by atoms with E-state index in [1.807, 2.05) is 42.5 Å². The summed E-state index contributed by atoms with van der Waals surface area (Å²) < 4.78 is 9.87. The molecule has 4 aliphatic rings. The van der Waals surface area contributed by atoms with Gasteiger partial charge in [0.1, 0.15) is 6.10 Å². The molecule has 1 unspecified atom stereocenters. The summed E-state index contributed by atoms with van der Waals surface area (Å²) in [4.78, 5) is 46.8. The molecule has 5 heterocycles. The summed E-state index contributed by atoms with van der Waals surface area (Å²) in [5.74, 6) is 1.32. The van der Waals surface area contributed by atoms with Crippen molar-refractivity contribution in [2.24, 2.45) is 5.92 Å². The molecule has 9 rings (SSSR count). The summed E-state index contributed by atoms with van der Waals surface area (Å²) in [5.41, 5.74) is 4.25. The zero-order valence-electron chi connectivity index (χ0n) is 29.8. The van der Waals surface area contributed by atoms with Crippen molar-refractivity contribution in [1.29, 1.82) is 0 Å². The molecule has 13 heteroatoms. The van der Waals surface area contributed by atoms with Crippen LogP contribution in [0, 0.1) is 5.92 Å². The van der Waals surface area contributed by atoms with Crippen LogP contribution in [0.25, 0.3) is 22.4 Å². The second-order valence-electron chi connectivity index (χ2n) is 15.1. The Bertz CT molecular complexity index is 2140. The second kappa shape index (κ2) is 14.3. The fourth-order valence-electron chi connectivity index (χ4n) is 8.16. The summed E-state index contributed by atoms with van der Waals surface area (Å²) in [7, 11) is 0. The lowest BCUT2D eigenvalue weighted by atomic mass is 9.84. The number of hydrogen-bond acceptors (Lipinski definition) is 9. The Hall–Kier alpha value is -5.30. The monoisotopic (exact) mass is 715 g/mol. The zero-order valence-corrected chi connectivity index (χ0v) is 29.8. The Morgan fingerprint density at radius 3 is 2.51 bits per heavy atom. The average molecular weight is 716 g/mol. The molecule has 3 amide bonds. The molecule has 0 spiro atoms. The van der Waals surface area contributed by atoms with Gasteiger partial charge in [0.05, 0.1) is 23.0 Å². The number of nitrogens with zero attached hydrogens (tertiary/aromatic N) is 7. The number of imide groups is 1. The predicted molar refractivity (Wildman–Crippen MR) is 199 cm³/mol. The van der Waals surface area contributed by atoms with Gasteiger partial charge in [-0.05, 0) is 112 Å². The lowest BCUT2D eigenvalue weighted by Crippen LogP contribution is -2.47. The number of aromatic nitrogens is 5. The van der Waals surface area contributed by atoms with Crippen LogP contribution in [0.15, 0.2) is 67.0 Å². The number of amides is 3. The molecule has 1 atom stereocenters. The Balaban J connectivity index is 0.753. The van der Waals surface area contributed by atoms with Crippen LogP contribution in [0.5, 0.6) is 5.88 Å². The molecular formula is C40H45N9O4. The predicted octanol–water partition coefficient (Wildman–Crippen LogP) is 4.63. The van der Waals surface area contributed by atoms with E-state index in [9.17, 15) is 14.4 Å². The molecule has 274 valence electrons. The number of ether oxygens (including phenoxy) is 1. The molecule has 2 aromatic carbocycles. The van der Waals surface area contributed by atoms with E-state index in [1.165, 1.54) is 12.1 Å². The van der Waals surface area contributed by atoms with E-state index in [4.69, 9.17) is 9.84 Å². The number of imidazole rings is 1. The van der Waals surface area contributed by atoms with Gasteiger partial charge in [-0.2, -0.15) is 19.4 Å². The van der Waals surface area contributed by atoms with Gasteiger partial charge in [-0.25, -0.2) is 4.98 Å². The van der Waals surface area contributed by atoms with Crippen molar-refractivity contribution in [2.45, 2.75) is 75.9 Å². The first kappa shape index (κ1) is 33.5. The van der Waals surface area contributed by atoms with Gasteiger partial charge in [0.2, 0.25) is 17.7 Å². The summed E-state index contributed by atoms with van der Waals surface area (Å²) in [6, 6.07) is 17.9. The van der Waals surface area contributed by atoms with Crippen molar-refractivity contribution in [3.63, 3.8) is 0 Å². The van der Waals surface area contributed by atoms with Crippen LogP contribution in [-0.2, 0) is 9.59 Å². The number of carbonyl (C=O) groups is 3. The molecule has 2 N–H and O–H groups in total. The van der Waals surface area contributed by atoms with Crippen molar-refractivity contribution < 1.29 is 19.1 Å². The van der Waals surface area contributed by atoms with Gasteiger partial charge in [0, 0.05) is 56.1 Å². The highest BCUT2D eigenvalue weighted by molar-refractivity contribution is 6.01. The van der Waals surface area contributed by atoms with E-state index < -0.39 is 0 Å². The highest BCUT2D eigenvalue weighted by Gasteiger charge is 2.30. The summed E-state index contributed by atoms with van der Waals surface area (Å²) >= 11 is 0. The lowest BCUT2D eigenvalue weighted by Gasteiger charge is -2.37. The number of rotatable bonds is 10. The second-order valence-corrected chi connectivity index (χ2v) is 15.1. The number of benzene rings is 2. The number of piperazine rings is 1. The number of hydrogen-bond donors (Lipinski definition) is 2. The molecule has 2 aliphatic carbocycles. The highest BCUT2D eigenvalue weighted by atomic mass is 16.5. The van der Waals surface area contributed by atoms with Crippen LogP contribution in [0.2, 0.25) is 0 Å². The first-order valence-electron chi connectivity index (χ1n) is 19.2. The van der Waals surface area contributed by atoms with Gasteiger partial charge >= 0.3 is 0 Å². The SMILES string of the molecule is O=C1CCC(c2ccc(N3CCN(CCC4CCC(NC(=O)c5ccc6nn(-c7cnc8cccnn78)c(OC7CC7)c6c5)CC4)CC3)cc2)C(=O)N1. The van der Waals surface area contributed by atoms with Crippen LogP contribution in [0.4, 0.5) is 5.69 Å². The van der Waals surface area contributed by atoms with Gasteiger partial charge < -0.3 is 15.0 Å². The molecule has 3 aromatic heterocycles. The van der Waals surface area contributed by atoms with E-state index in [1.54, 1.807) is 21.6 Å². The van der Waals surface area contributed by atoms with Crippen LogP contribution < -0.4 is 20.3 Å².